The highest BCUT2D eigenvalue weighted by Gasteiger charge is 2.01. The van der Waals surface area contributed by atoms with E-state index in [0.717, 1.165) is 12.8 Å². The van der Waals surface area contributed by atoms with Gasteiger partial charge < -0.3 is 9.84 Å². The molecule has 0 aliphatic heterocycles. The summed E-state index contributed by atoms with van der Waals surface area (Å²) in [7, 11) is 1.63. The Bertz CT molecular complexity index is 83.9. The Balaban J connectivity index is 2.97. The minimum absolute atomic E-state index is 0.253. The van der Waals surface area contributed by atoms with Gasteiger partial charge in [0.15, 0.2) is 0 Å². The molecule has 0 saturated carbocycles. The van der Waals surface area contributed by atoms with Crippen molar-refractivity contribution in [2.24, 2.45) is 0 Å². The number of aliphatic hydroxyl groups excluding tert-OH is 1. The molecule has 0 bridgehead atoms. The number of aliphatic hydroxyl groups is 1. The van der Waals surface area contributed by atoms with E-state index in [1.165, 1.54) is 25.7 Å². The zero-order chi connectivity index (χ0) is 9.23. The van der Waals surface area contributed by atoms with Gasteiger partial charge in [0.25, 0.3) is 0 Å². The third-order valence-corrected chi connectivity index (χ3v) is 2.00. The Labute approximate surface area is 75.9 Å². The molecule has 0 aliphatic carbocycles. The first-order valence-electron chi connectivity index (χ1n) is 4.98. The first-order chi connectivity index (χ1) is 5.81. The minimum atomic E-state index is -0.253. The highest BCUT2D eigenvalue weighted by atomic mass is 16.5. The van der Waals surface area contributed by atoms with Crippen LogP contribution in [0.15, 0.2) is 0 Å². The van der Waals surface area contributed by atoms with Crippen LogP contribution in [-0.2, 0) is 4.74 Å². The molecule has 2 nitrogen and oxygen atoms in total. The van der Waals surface area contributed by atoms with Crippen LogP contribution in [0.2, 0.25) is 0 Å². The Morgan fingerprint density at radius 3 is 2.42 bits per heavy atom. The van der Waals surface area contributed by atoms with Gasteiger partial charge in [-0.1, -0.05) is 39.0 Å². The summed E-state index contributed by atoms with van der Waals surface area (Å²) in [6.45, 7) is 2.69. The van der Waals surface area contributed by atoms with Crippen molar-refractivity contribution in [3.63, 3.8) is 0 Å². The van der Waals surface area contributed by atoms with Crippen molar-refractivity contribution in [1.29, 1.82) is 0 Å². The summed E-state index contributed by atoms with van der Waals surface area (Å²) < 4.78 is 4.83. The number of hydrogen-bond acceptors (Lipinski definition) is 2. The minimum Gasteiger partial charge on any atom is -0.391 e. The fourth-order valence-corrected chi connectivity index (χ4v) is 1.26. The lowest BCUT2D eigenvalue weighted by atomic mass is 10.1. The summed E-state index contributed by atoms with van der Waals surface area (Å²) in [5.41, 5.74) is 0. The van der Waals surface area contributed by atoms with Crippen LogP contribution >= 0.6 is 0 Å². The van der Waals surface area contributed by atoms with E-state index >= 15 is 0 Å². The van der Waals surface area contributed by atoms with Crippen molar-refractivity contribution in [2.75, 3.05) is 13.7 Å². The zero-order valence-electron chi connectivity index (χ0n) is 8.38. The van der Waals surface area contributed by atoms with Crippen LogP contribution in [0, 0.1) is 0 Å². The molecule has 74 valence electrons. The summed E-state index contributed by atoms with van der Waals surface area (Å²) >= 11 is 0. The molecular formula is C10H22O2. The summed E-state index contributed by atoms with van der Waals surface area (Å²) in [4.78, 5) is 0. The first kappa shape index (κ1) is 11.9. The Kier molecular flexibility index (Phi) is 8.95. The van der Waals surface area contributed by atoms with Crippen molar-refractivity contribution < 1.29 is 9.84 Å². The molecule has 0 aliphatic rings. The van der Waals surface area contributed by atoms with E-state index in [1.807, 2.05) is 0 Å². The molecule has 1 atom stereocenters. The topological polar surface area (TPSA) is 29.5 Å². The van der Waals surface area contributed by atoms with Gasteiger partial charge >= 0.3 is 0 Å². The molecule has 0 aromatic heterocycles. The molecule has 1 N–H and O–H groups in total. The predicted octanol–water partition coefficient (Wildman–Crippen LogP) is 2.35. The number of unbranched alkanes of at least 4 members (excludes halogenated alkanes) is 4. The second-order valence-electron chi connectivity index (χ2n) is 3.31. The van der Waals surface area contributed by atoms with E-state index in [1.54, 1.807) is 7.11 Å². The molecule has 1 unspecified atom stereocenters. The molecule has 0 saturated heterocycles. The van der Waals surface area contributed by atoms with Crippen molar-refractivity contribution in [1.82, 2.24) is 0 Å². The zero-order valence-corrected chi connectivity index (χ0v) is 8.38. The Morgan fingerprint density at radius 1 is 1.17 bits per heavy atom. The molecule has 12 heavy (non-hydrogen) atoms. The largest absolute Gasteiger partial charge is 0.391 e. The molecular weight excluding hydrogens is 152 g/mol. The third kappa shape index (κ3) is 8.02. The van der Waals surface area contributed by atoms with Gasteiger partial charge in [-0.3, -0.25) is 0 Å². The van der Waals surface area contributed by atoms with Crippen LogP contribution in [-0.4, -0.2) is 24.9 Å². The van der Waals surface area contributed by atoms with Gasteiger partial charge in [-0.15, -0.1) is 0 Å². The van der Waals surface area contributed by atoms with Crippen LogP contribution in [0.1, 0.15) is 45.4 Å². The molecule has 0 aromatic rings. The van der Waals surface area contributed by atoms with E-state index in [4.69, 9.17) is 4.74 Å². The van der Waals surface area contributed by atoms with Crippen molar-refractivity contribution in [3.05, 3.63) is 0 Å². The second-order valence-corrected chi connectivity index (χ2v) is 3.31. The average Bonchev–Trinajstić information content (AvgIpc) is 2.05. The van der Waals surface area contributed by atoms with Gasteiger partial charge in [-0.05, 0) is 6.42 Å². The molecule has 2 heteroatoms. The standard InChI is InChI=1S/C10H22O2/c1-3-4-5-6-7-8-10(11)9-12-2/h10-11H,3-9H2,1-2H3. The maximum atomic E-state index is 9.28. The Hall–Kier alpha value is -0.0800. The normalized spacial score (nSPS) is 13.2. The fraction of sp³-hybridized carbons (Fsp3) is 1.00. The van der Waals surface area contributed by atoms with Gasteiger partial charge in [0, 0.05) is 7.11 Å². The van der Waals surface area contributed by atoms with Gasteiger partial charge in [0.1, 0.15) is 0 Å². The quantitative estimate of drug-likeness (QED) is 0.572. The number of rotatable bonds is 8. The van der Waals surface area contributed by atoms with Gasteiger partial charge in [0.05, 0.1) is 12.7 Å². The molecule has 0 radical (unpaired) electrons. The summed E-state index contributed by atoms with van der Waals surface area (Å²) in [5, 5.41) is 9.28. The molecule has 0 spiro atoms. The summed E-state index contributed by atoms with van der Waals surface area (Å²) in [5.74, 6) is 0. The maximum Gasteiger partial charge on any atom is 0.0773 e. The van der Waals surface area contributed by atoms with Crippen LogP contribution < -0.4 is 0 Å². The van der Waals surface area contributed by atoms with Crippen LogP contribution in [0.4, 0.5) is 0 Å². The molecule has 0 aromatic carbocycles. The molecule has 0 fully saturated rings. The van der Waals surface area contributed by atoms with Crippen LogP contribution in [0.5, 0.6) is 0 Å². The van der Waals surface area contributed by atoms with E-state index in [0.29, 0.717) is 6.61 Å². The summed E-state index contributed by atoms with van der Waals surface area (Å²) in [6.07, 6.45) is 6.91. The van der Waals surface area contributed by atoms with Crippen molar-refractivity contribution in [3.8, 4) is 0 Å². The number of ether oxygens (including phenoxy) is 1. The predicted molar refractivity (Wildman–Crippen MR) is 51.3 cm³/mol. The molecule has 0 heterocycles. The van der Waals surface area contributed by atoms with E-state index in [-0.39, 0.29) is 6.10 Å². The molecule has 0 amide bonds. The lowest BCUT2D eigenvalue weighted by molar-refractivity contribution is 0.0576. The van der Waals surface area contributed by atoms with Crippen molar-refractivity contribution >= 4 is 0 Å². The maximum absolute atomic E-state index is 9.28. The van der Waals surface area contributed by atoms with Crippen LogP contribution in [0.3, 0.4) is 0 Å². The number of methoxy groups -OCH3 is 1. The number of hydrogen-bond donors (Lipinski definition) is 1. The lowest BCUT2D eigenvalue weighted by Gasteiger charge is -2.08. The highest BCUT2D eigenvalue weighted by Crippen LogP contribution is 2.07. The first-order valence-corrected chi connectivity index (χ1v) is 4.98. The van der Waals surface area contributed by atoms with Crippen molar-refractivity contribution in [2.45, 2.75) is 51.6 Å². The Morgan fingerprint density at radius 2 is 1.83 bits per heavy atom. The third-order valence-electron chi connectivity index (χ3n) is 2.00. The van der Waals surface area contributed by atoms with E-state index < -0.39 is 0 Å². The molecule has 0 rings (SSSR count). The monoisotopic (exact) mass is 174 g/mol. The fourth-order valence-electron chi connectivity index (χ4n) is 1.26. The van der Waals surface area contributed by atoms with E-state index in [2.05, 4.69) is 6.92 Å². The van der Waals surface area contributed by atoms with E-state index in [9.17, 15) is 5.11 Å². The average molecular weight is 174 g/mol. The lowest BCUT2D eigenvalue weighted by Crippen LogP contribution is -2.13. The van der Waals surface area contributed by atoms with Gasteiger partial charge in [0.2, 0.25) is 0 Å². The van der Waals surface area contributed by atoms with Gasteiger partial charge in [-0.25, -0.2) is 0 Å². The summed E-state index contributed by atoms with van der Waals surface area (Å²) in [6, 6.07) is 0. The highest BCUT2D eigenvalue weighted by molar-refractivity contribution is 4.53. The SMILES string of the molecule is CCCCCCCC(O)COC. The second kappa shape index (κ2) is 9.01. The van der Waals surface area contributed by atoms with Crippen LogP contribution in [0.25, 0.3) is 0 Å². The smallest absolute Gasteiger partial charge is 0.0773 e. The van der Waals surface area contributed by atoms with Gasteiger partial charge in [-0.2, -0.15) is 0 Å².